The molecule has 0 fully saturated rings. The Morgan fingerprint density at radius 1 is 1.44 bits per heavy atom. The molecule has 3 nitrogen and oxygen atoms in total. The Bertz CT molecular complexity index is 337. The van der Waals surface area contributed by atoms with Crippen LogP contribution in [-0.2, 0) is 4.79 Å². The van der Waals surface area contributed by atoms with Gasteiger partial charge in [0.1, 0.15) is 11.9 Å². The van der Waals surface area contributed by atoms with Gasteiger partial charge in [0, 0.05) is 5.69 Å². The third kappa shape index (κ3) is 3.88. The summed E-state index contributed by atoms with van der Waals surface area (Å²) in [6.07, 6.45) is 2.38. The first kappa shape index (κ1) is 12.5. The molecule has 1 unspecified atom stereocenters. The van der Waals surface area contributed by atoms with Crippen molar-refractivity contribution in [2.75, 3.05) is 5.32 Å². The monoisotopic (exact) mass is 225 g/mol. The normalized spacial score (nSPS) is 12.1. The standard InChI is InChI=1S/C12H16FNO2/c1-2-3-4-11(12(15)16)14-10-7-5-9(13)6-8-10/h5-8,11,14H,2-4H2,1H3,(H,15,16). The van der Waals surface area contributed by atoms with Crippen molar-refractivity contribution in [3.63, 3.8) is 0 Å². The molecule has 0 amide bonds. The number of hydrogen-bond donors (Lipinski definition) is 2. The number of nitrogens with one attached hydrogen (secondary N) is 1. The van der Waals surface area contributed by atoms with Gasteiger partial charge in [0.2, 0.25) is 0 Å². The zero-order valence-corrected chi connectivity index (χ0v) is 9.24. The Morgan fingerprint density at radius 3 is 2.56 bits per heavy atom. The third-order valence-corrected chi connectivity index (χ3v) is 2.33. The fourth-order valence-corrected chi connectivity index (χ4v) is 1.41. The van der Waals surface area contributed by atoms with Gasteiger partial charge in [-0.3, -0.25) is 0 Å². The number of unbranched alkanes of at least 4 members (excludes halogenated alkanes) is 1. The van der Waals surface area contributed by atoms with E-state index in [1.165, 1.54) is 24.3 Å². The van der Waals surface area contributed by atoms with E-state index in [-0.39, 0.29) is 5.82 Å². The molecule has 0 aliphatic rings. The summed E-state index contributed by atoms with van der Waals surface area (Å²) in [5, 5.41) is 11.9. The van der Waals surface area contributed by atoms with Gasteiger partial charge >= 0.3 is 5.97 Å². The molecule has 0 radical (unpaired) electrons. The molecule has 1 aromatic carbocycles. The quantitative estimate of drug-likeness (QED) is 0.782. The van der Waals surface area contributed by atoms with Crippen LogP contribution in [0.1, 0.15) is 26.2 Å². The first-order chi connectivity index (χ1) is 7.63. The first-order valence-electron chi connectivity index (χ1n) is 5.38. The van der Waals surface area contributed by atoms with Gasteiger partial charge < -0.3 is 10.4 Å². The molecule has 0 aromatic heterocycles. The summed E-state index contributed by atoms with van der Waals surface area (Å²) >= 11 is 0. The highest BCUT2D eigenvalue weighted by Gasteiger charge is 2.15. The van der Waals surface area contributed by atoms with Gasteiger partial charge in [-0.15, -0.1) is 0 Å². The predicted molar refractivity (Wildman–Crippen MR) is 61.0 cm³/mol. The summed E-state index contributed by atoms with van der Waals surface area (Å²) in [4.78, 5) is 10.9. The van der Waals surface area contributed by atoms with Gasteiger partial charge in [-0.05, 0) is 30.7 Å². The van der Waals surface area contributed by atoms with Crippen LogP contribution in [0.2, 0.25) is 0 Å². The lowest BCUT2D eigenvalue weighted by atomic mass is 10.1. The minimum absolute atomic E-state index is 0.328. The van der Waals surface area contributed by atoms with E-state index in [1.807, 2.05) is 6.92 Å². The van der Waals surface area contributed by atoms with Crippen LogP contribution in [0.15, 0.2) is 24.3 Å². The van der Waals surface area contributed by atoms with E-state index in [9.17, 15) is 9.18 Å². The third-order valence-electron chi connectivity index (χ3n) is 2.33. The Hall–Kier alpha value is -1.58. The number of halogens is 1. The number of aliphatic carboxylic acids is 1. The average molecular weight is 225 g/mol. The van der Waals surface area contributed by atoms with Crippen LogP contribution >= 0.6 is 0 Å². The maximum Gasteiger partial charge on any atom is 0.326 e. The van der Waals surface area contributed by atoms with Crippen molar-refractivity contribution in [3.05, 3.63) is 30.1 Å². The lowest BCUT2D eigenvalue weighted by molar-refractivity contribution is -0.138. The first-order valence-corrected chi connectivity index (χ1v) is 5.38. The SMILES string of the molecule is CCCCC(Nc1ccc(F)cc1)C(=O)O. The number of rotatable bonds is 6. The fraction of sp³-hybridized carbons (Fsp3) is 0.417. The van der Waals surface area contributed by atoms with Crippen molar-refractivity contribution >= 4 is 11.7 Å². The molecular weight excluding hydrogens is 209 g/mol. The Morgan fingerprint density at radius 2 is 2.06 bits per heavy atom. The fourth-order valence-electron chi connectivity index (χ4n) is 1.41. The molecule has 0 heterocycles. The Labute approximate surface area is 94.3 Å². The molecule has 0 saturated carbocycles. The van der Waals surface area contributed by atoms with Crippen molar-refractivity contribution < 1.29 is 14.3 Å². The minimum Gasteiger partial charge on any atom is -0.480 e. The van der Waals surface area contributed by atoms with Crippen LogP contribution in [0.25, 0.3) is 0 Å². The molecular formula is C12H16FNO2. The molecule has 0 bridgehead atoms. The molecule has 0 spiro atoms. The van der Waals surface area contributed by atoms with Crippen LogP contribution in [0.4, 0.5) is 10.1 Å². The maximum absolute atomic E-state index is 12.6. The number of hydrogen-bond acceptors (Lipinski definition) is 2. The number of carbonyl (C=O) groups is 1. The topological polar surface area (TPSA) is 49.3 Å². The number of carboxylic acid groups (broad SMARTS) is 1. The van der Waals surface area contributed by atoms with Gasteiger partial charge in [0.15, 0.2) is 0 Å². The molecule has 0 aliphatic carbocycles. The summed E-state index contributed by atoms with van der Waals surface area (Å²) in [5.74, 6) is -1.20. The number of carboxylic acids is 1. The smallest absolute Gasteiger partial charge is 0.326 e. The van der Waals surface area contributed by atoms with E-state index < -0.39 is 12.0 Å². The van der Waals surface area contributed by atoms with E-state index in [4.69, 9.17) is 5.11 Å². The maximum atomic E-state index is 12.6. The Balaban J connectivity index is 2.60. The second-order valence-electron chi connectivity index (χ2n) is 3.68. The summed E-state index contributed by atoms with van der Waals surface area (Å²) < 4.78 is 12.6. The van der Waals surface area contributed by atoms with Crippen molar-refractivity contribution in [2.24, 2.45) is 0 Å². The zero-order chi connectivity index (χ0) is 12.0. The highest BCUT2D eigenvalue weighted by atomic mass is 19.1. The van der Waals surface area contributed by atoms with E-state index in [0.717, 1.165) is 12.8 Å². The molecule has 16 heavy (non-hydrogen) atoms. The summed E-state index contributed by atoms with van der Waals surface area (Å²) in [6.45, 7) is 2.01. The van der Waals surface area contributed by atoms with Crippen molar-refractivity contribution in [2.45, 2.75) is 32.2 Å². The predicted octanol–water partition coefficient (Wildman–Crippen LogP) is 2.88. The lowest BCUT2D eigenvalue weighted by Crippen LogP contribution is -2.29. The van der Waals surface area contributed by atoms with Crippen molar-refractivity contribution in [1.82, 2.24) is 0 Å². The highest BCUT2D eigenvalue weighted by Crippen LogP contribution is 2.12. The minimum atomic E-state index is -0.877. The molecule has 4 heteroatoms. The van der Waals surface area contributed by atoms with Crippen LogP contribution in [0.3, 0.4) is 0 Å². The van der Waals surface area contributed by atoms with Gasteiger partial charge in [-0.25, -0.2) is 9.18 Å². The van der Waals surface area contributed by atoms with Crippen LogP contribution in [0, 0.1) is 5.82 Å². The average Bonchev–Trinajstić information content (AvgIpc) is 2.26. The Kier molecular flexibility index (Phi) is 4.76. The summed E-state index contributed by atoms with van der Waals surface area (Å²) in [7, 11) is 0. The van der Waals surface area contributed by atoms with E-state index >= 15 is 0 Å². The largest absolute Gasteiger partial charge is 0.480 e. The van der Waals surface area contributed by atoms with E-state index in [1.54, 1.807) is 0 Å². The van der Waals surface area contributed by atoms with Gasteiger partial charge in [-0.2, -0.15) is 0 Å². The van der Waals surface area contributed by atoms with Crippen molar-refractivity contribution in [1.29, 1.82) is 0 Å². The molecule has 2 N–H and O–H groups in total. The zero-order valence-electron chi connectivity index (χ0n) is 9.24. The van der Waals surface area contributed by atoms with Crippen LogP contribution in [-0.4, -0.2) is 17.1 Å². The van der Waals surface area contributed by atoms with Crippen LogP contribution in [0.5, 0.6) is 0 Å². The van der Waals surface area contributed by atoms with E-state index in [0.29, 0.717) is 12.1 Å². The lowest BCUT2D eigenvalue weighted by Gasteiger charge is -2.15. The highest BCUT2D eigenvalue weighted by molar-refractivity contribution is 5.77. The molecule has 0 aliphatic heterocycles. The van der Waals surface area contributed by atoms with Gasteiger partial charge in [0.05, 0.1) is 0 Å². The molecule has 1 atom stereocenters. The molecule has 88 valence electrons. The van der Waals surface area contributed by atoms with E-state index in [2.05, 4.69) is 5.32 Å². The summed E-state index contributed by atoms with van der Waals surface area (Å²) in [6, 6.07) is 5.08. The van der Waals surface area contributed by atoms with Crippen LogP contribution < -0.4 is 5.32 Å². The van der Waals surface area contributed by atoms with Gasteiger partial charge in [0.25, 0.3) is 0 Å². The number of anilines is 1. The van der Waals surface area contributed by atoms with Gasteiger partial charge in [-0.1, -0.05) is 19.8 Å². The van der Waals surface area contributed by atoms with Crippen molar-refractivity contribution in [3.8, 4) is 0 Å². The molecule has 1 aromatic rings. The molecule has 0 saturated heterocycles. The second-order valence-corrected chi connectivity index (χ2v) is 3.68. The number of benzene rings is 1. The summed E-state index contributed by atoms with van der Waals surface area (Å²) in [5.41, 5.74) is 0.630. The molecule has 1 rings (SSSR count). The second kappa shape index (κ2) is 6.10.